The number of carbonyl (C=O) groups is 1. The normalized spacial score (nSPS) is 10.6. The molecule has 2 aromatic carbocycles. The van der Waals surface area contributed by atoms with Crippen molar-refractivity contribution in [1.29, 1.82) is 0 Å². The summed E-state index contributed by atoms with van der Waals surface area (Å²) in [6.45, 7) is 0. The van der Waals surface area contributed by atoms with Crippen LogP contribution in [0.4, 0.5) is 5.69 Å². The average Bonchev–Trinajstić information content (AvgIpc) is 2.98. The summed E-state index contributed by atoms with van der Waals surface area (Å²) in [6, 6.07) is 12.5. The third-order valence-electron chi connectivity index (χ3n) is 3.36. The standard InChI is InChI=1S/C17H14BrNO4/c1-21-12-5-6-14(22-2)13(9-12)19-17(20)16-7-10-3-4-11(18)8-15(10)23-16/h3-9H,1-2H3,(H,19,20). The van der Waals surface area contributed by atoms with Crippen LogP contribution in [0.5, 0.6) is 11.5 Å². The Kier molecular flexibility index (Phi) is 4.25. The van der Waals surface area contributed by atoms with E-state index in [4.69, 9.17) is 13.9 Å². The van der Waals surface area contributed by atoms with Gasteiger partial charge < -0.3 is 19.2 Å². The summed E-state index contributed by atoms with van der Waals surface area (Å²) in [7, 11) is 3.10. The molecule has 0 radical (unpaired) electrons. The fraction of sp³-hybridized carbons (Fsp3) is 0.118. The van der Waals surface area contributed by atoms with E-state index >= 15 is 0 Å². The summed E-state index contributed by atoms with van der Waals surface area (Å²) in [6.07, 6.45) is 0. The second-order valence-corrected chi connectivity index (χ2v) is 5.73. The van der Waals surface area contributed by atoms with Gasteiger partial charge >= 0.3 is 0 Å². The minimum Gasteiger partial charge on any atom is -0.497 e. The molecular formula is C17H14BrNO4. The molecule has 0 saturated carbocycles. The molecule has 1 amide bonds. The maximum atomic E-state index is 12.4. The fourth-order valence-corrected chi connectivity index (χ4v) is 2.55. The van der Waals surface area contributed by atoms with E-state index in [0.717, 1.165) is 9.86 Å². The Morgan fingerprint density at radius 3 is 2.65 bits per heavy atom. The first-order valence-corrected chi connectivity index (χ1v) is 7.62. The minimum atomic E-state index is -0.358. The predicted molar refractivity (Wildman–Crippen MR) is 91.4 cm³/mol. The lowest BCUT2D eigenvalue weighted by atomic mass is 10.2. The highest BCUT2D eigenvalue weighted by molar-refractivity contribution is 9.10. The number of amides is 1. The van der Waals surface area contributed by atoms with Crippen LogP contribution in [-0.4, -0.2) is 20.1 Å². The molecule has 0 bridgehead atoms. The van der Waals surface area contributed by atoms with Crippen LogP contribution in [0.2, 0.25) is 0 Å². The van der Waals surface area contributed by atoms with Gasteiger partial charge in [-0.3, -0.25) is 4.79 Å². The van der Waals surface area contributed by atoms with Gasteiger partial charge in [-0.05, 0) is 36.4 Å². The van der Waals surface area contributed by atoms with Crippen molar-refractivity contribution in [2.24, 2.45) is 0 Å². The first kappa shape index (κ1) is 15.4. The first-order chi connectivity index (χ1) is 11.1. The molecule has 118 valence electrons. The number of fused-ring (bicyclic) bond motifs is 1. The van der Waals surface area contributed by atoms with Crippen molar-refractivity contribution >= 4 is 38.5 Å². The topological polar surface area (TPSA) is 60.7 Å². The molecule has 1 aromatic heterocycles. The third-order valence-corrected chi connectivity index (χ3v) is 3.85. The Balaban J connectivity index is 1.91. The van der Waals surface area contributed by atoms with Crippen molar-refractivity contribution in [2.75, 3.05) is 19.5 Å². The molecule has 0 aliphatic heterocycles. The molecule has 0 aliphatic carbocycles. The highest BCUT2D eigenvalue weighted by Crippen LogP contribution is 2.30. The van der Waals surface area contributed by atoms with Crippen molar-refractivity contribution in [3.8, 4) is 11.5 Å². The molecule has 0 atom stereocenters. The van der Waals surface area contributed by atoms with Gasteiger partial charge in [-0.2, -0.15) is 0 Å². The molecule has 1 heterocycles. The van der Waals surface area contributed by atoms with Gasteiger partial charge in [0.1, 0.15) is 17.1 Å². The lowest BCUT2D eigenvalue weighted by Crippen LogP contribution is -2.11. The van der Waals surface area contributed by atoms with Gasteiger partial charge in [0.15, 0.2) is 5.76 Å². The van der Waals surface area contributed by atoms with Crippen molar-refractivity contribution in [2.45, 2.75) is 0 Å². The molecule has 23 heavy (non-hydrogen) atoms. The lowest BCUT2D eigenvalue weighted by Gasteiger charge is -2.10. The van der Waals surface area contributed by atoms with Gasteiger partial charge in [0.2, 0.25) is 0 Å². The quantitative estimate of drug-likeness (QED) is 0.730. The van der Waals surface area contributed by atoms with Crippen LogP contribution in [0.15, 0.2) is 51.4 Å². The summed E-state index contributed by atoms with van der Waals surface area (Å²) < 4.78 is 16.9. The van der Waals surface area contributed by atoms with Gasteiger partial charge in [0.25, 0.3) is 5.91 Å². The average molecular weight is 376 g/mol. The number of halogens is 1. The second kappa shape index (κ2) is 6.34. The molecular weight excluding hydrogens is 362 g/mol. The summed E-state index contributed by atoms with van der Waals surface area (Å²) in [5.74, 6) is 1.03. The summed E-state index contributed by atoms with van der Waals surface area (Å²) in [4.78, 5) is 12.4. The number of hydrogen-bond acceptors (Lipinski definition) is 4. The Bertz CT molecular complexity index is 872. The Morgan fingerprint density at radius 1 is 1.09 bits per heavy atom. The van der Waals surface area contributed by atoms with Crippen LogP contribution < -0.4 is 14.8 Å². The molecule has 0 aliphatic rings. The number of furan rings is 1. The first-order valence-electron chi connectivity index (χ1n) is 6.83. The number of anilines is 1. The van der Waals surface area contributed by atoms with Crippen LogP contribution in [0, 0.1) is 0 Å². The summed E-state index contributed by atoms with van der Waals surface area (Å²) >= 11 is 3.38. The van der Waals surface area contributed by atoms with E-state index in [1.165, 1.54) is 7.11 Å². The highest BCUT2D eigenvalue weighted by atomic mass is 79.9. The molecule has 3 rings (SSSR count). The van der Waals surface area contributed by atoms with Gasteiger partial charge in [-0.15, -0.1) is 0 Å². The monoisotopic (exact) mass is 375 g/mol. The SMILES string of the molecule is COc1ccc(OC)c(NC(=O)c2cc3ccc(Br)cc3o2)c1. The molecule has 0 spiro atoms. The number of carbonyl (C=O) groups excluding carboxylic acids is 1. The van der Waals surface area contributed by atoms with Crippen molar-refractivity contribution in [3.05, 3.63) is 52.7 Å². The second-order valence-electron chi connectivity index (χ2n) is 4.81. The van der Waals surface area contributed by atoms with E-state index < -0.39 is 0 Å². The molecule has 3 aromatic rings. The number of rotatable bonds is 4. The minimum absolute atomic E-state index is 0.225. The molecule has 6 heteroatoms. The molecule has 0 unspecified atom stereocenters. The molecule has 5 nitrogen and oxygen atoms in total. The number of methoxy groups -OCH3 is 2. The molecule has 0 saturated heterocycles. The van der Waals surface area contributed by atoms with E-state index in [0.29, 0.717) is 22.8 Å². The van der Waals surface area contributed by atoms with Crippen molar-refractivity contribution < 1.29 is 18.7 Å². The van der Waals surface area contributed by atoms with Crippen molar-refractivity contribution in [3.63, 3.8) is 0 Å². The number of benzene rings is 2. The summed E-state index contributed by atoms with van der Waals surface area (Å²) in [5.41, 5.74) is 1.15. The van der Waals surface area contributed by atoms with Crippen LogP contribution >= 0.6 is 15.9 Å². The van der Waals surface area contributed by atoms with Gasteiger partial charge in [0.05, 0.1) is 19.9 Å². The fourth-order valence-electron chi connectivity index (χ4n) is 2.21. The lowest BCUT2D eigenvalue weighted by molar-refractivity contribution is 0.0998. The predicted octanol–water partition coefficient (Wildman–Crippen LogP) is 4.46. The van der Waals surface area contributed by atoms with Crippen LogP contribution in [0.1, 0.15) is 10.6 Å². The van der Waals surface area contributed by atoms with E-state index in [2.05, 4.69) is 21.2 Å². The zero-order valence-corrected chi connectivity index (χ0v) is 14.1. The Morgan fingerprint density at radius 2 is 1.91 bits per heavy atom. The summed E-state index contributed by atoms with van der Waals surface area (Å²) in [5, 5.41) is 3.64. The van der Waals surface area contributed by atoms with Crippen LogP contribution in [0.3, 0.4) is 0 Å². The zero-order chi connectivity index (χ0) is 16.4. The van der Waals surface area contributed by atoms with Crippen molar-refractivity contribution in [1.82, 2.24) is 0 Å². The van der Waals surface area contributed by atoms with Crippen LogP contribution in [0.25, 0.3) is 11.0 Å². The number of hydrogen-bond donors (Lipinski definition) is 1. The maximum absolute atomic E-state index is 12.4. The largest absolute Gasteiger partial charge is 0.497 e. The van der Waals surface area contributed by atoms with E-state index in [-0.39, 0.29) is 11.7 Å². The van der Waals surface area contributed by atoms with E-state index in [1.807, 2.05) is 18.2 Å². The van der Waals surface area contributed by atoms with Gasteiger partial charge in [0, 0.05) is 15.9 Å². The molecule has 0 fully saturated rings. The zero-order valence-electron chi connectivity index (χ0n) is 12.6. The van der Waals surface area contributed by atoms with Gasteiger partial charge in [-0.1, -0.05) is 15.9 Å². The number of ether oxygens (including phenoxy) is 2. The Labute approximate surface area is 141 Å². The van der Waals surface area contributed by atoms with E-state index in [1.54, 1.807) is 31.4 Å². The third kappa shape index (κ3) is 3.17. The van der Waals surface area contributed by atoms with E-state index in [9.17, 15) is 4.79 Å². The van der Waals surface area contributed by atoms with Gasteiger partial charge in [-0.25, -0.2) is 0 Å². The number of nitrogens with one attached hydrogen (secondary N) is 1. The van der Waals surface area contributed by atoms with Crippen LogP contribution in [-0.2, 0) is 0 Å². The molecule has 1 N–H and O–H groups in total. The Hall–Kier alpha value is -2.47. The smallest absolute Gasteiger partial charge is 0.291 e. The maximum Gasteiger partial charge on any atom is 0.291 e. The highest BCUT2D eigenvalue weighted by Gasteiger charge is 2.15.